The van der Waals surface area contributed by atoms with Crippen LogP contribution >= 0.6 is 11.3 Å². The second-order valence-corrected chi connectivity index (χ2v) is 7.18. The number of rotatable bonds is 5. The van der Waals surface area contributed by atoms with Crippen LogP contribution in [0.5, 0.6) is 0 Å². The number of benzene rings is 1. The average molecular weight is 389 g/mol. The van der Waals surface area contributed by atoms with Gasteiger partial charge in [0.15, 0.2) is 0 Å². The number of non-ortho nitro benzene ring substituents is 1. The molecule has 9 heteroatoms. The average Bonchev–Trinajstić information content (AvgIpc) is 3.04. The zero-order valence-electron chi connectivity index (χ0n) is 15.0. The summed E-state index contributed by atoms with van der Waals surface area (Å²) in [5.74, 6) is -0.905. The topological polar surface area (TPSA) is 102 Å². The first kappa shape index (κ1) is 19.0. The highest BCUT2D eigenvalue weighted by Crippen LogP contribution is 2.37. The molecule has 0 atom stereocenters. The molecule has 1 aliphatic rings. The largest absolute Gasteiger partial charge is 0.465 e. The molecule has 1 amide bonds. The number of carbonyl (C=O) groups is 2. The molecule has 3 rings (SSSR count). The number of hydrogen-bond donors (Lipinski definition) is 1. The number of thiophene rings is 1. The van der Waals surface area contributed by atoms with Crippen molar-refractivity contribution in [3.05, 3.63) is 55.9 Å². The molecule has 142 valence electrons. The summed E-state index contributed by atoms with van der Waals surface area (Å²) < 4.78 is 4.91. The Morgan fingerprint density at radius 2 is 2.04 bits per heavy atom. The third-order valence-electron chi connectivity index (χ3n) is 4.54. The zero-order valence-corrected chi connectivity index (χ0v) is 15.8. The highest BCUT2D eigenvalue weighted by molar-refractivity contribution is 7.17. The van der Waals surface area contributed by atoms with Crippen molar-refractivity contribution in [1.82, 2.24) is 4.90 Å². The number of likely N-dealkylation sites (N-methyl/N-ethyl adjacent to an activating group) is 1. The number of nitrogens with one attached hydrogen (secondary N) is 1. The lowest BCUT2D eigenvalue weighted by molar-refractivity contribution is -0.384. The Bertz CT molecular complexity index is 891. The van der Waals surface area contributed by atoms with Crippen molar-refractivity contribution in [3.8, 4) is 0 Å². The van der Waals surface area contributed by atoms with E-state index in [-0.39, 0.29) is 11.3 Å². The van der Waals surface area contributed by atoms with Crippen LogP contribution in [0.2, 0.25) is 0 Å². The lowest BCUT2D eigenvalue weighted by atomic mass is 10.0. The van der Waals surface area contributed by atoms with Gasteiger partial charge in [0.2, 0.25) is 0 Å². The molecule has 0 fully saturated rings. The SMILES string of the molecule is CCN1CCc2c(sc(NC(=O)c3ccc([N+](=O)[O-])cc3)c2C(=O)OC)C1. The van der Waals surface area contributed by atoms with Gasteiger partial charge in [0.25, 0.3) is 11.6 Å². The van der Waals surface area contributed by atoms with E-state index in [9.17, 15) is 19.7 Å². The quantitative estimate of drug-likeness (QED) is 0.479. The highest BCUT2D eigenvalue weighted by atomic mass is 32.1. The summed E-state index contributed by atoms with van der Waals surface area (Å²) in [7, 11) is 1.31. The first-order valence-electron chi connectivity index (χ1n) is 8.45. The Kier molecular flexibility index (Phi) is 5.52. The van der Waals surface area contributed by atoms with Crippen LogP contribution < -0.4 is 5.32 Å². The molecular formula is C18H19N3O5S. The van der Waals surface area contributed by atoms with Crippen molar-refractivity contribution in [2.45, 2.75) is 19.9 Å². The Morgan fingerprint density at radius 1 is 1.33 bits per heavy atom. The van der Waals surface area contributed by atoms with Crippen LogP contribution in [-0.2, 0) is 17.7 Å². The highest BCUT2D eigenvalue weighted by Gasteiger charge is 2.29. The molecule has 0 saturated carbocycles. The van der Waals surface area contributed by atoms with Crippen LogP contribution in [0.1, 0.15) is 38.1 Å². The van der Waals surface area contributed by atoms with Crippen LogP contribution in [0.25, 0.3) is 0 Å². The van der Waals surface area contributed by atoms with E-state index in [0.29, 0.717) is 10.6 Å². The van der Waals surface area contributed by atoms with Crippen LogP contribution in [0, 0.1) is 10.1 Å². The Morgan fingerprint density at radius 3 is 2.63 bits per heavy atom. The van der Waals surface area contributed by atoms with Gasteiger partial charge >= 0.3 is 5.97 Å². The summed E-state index contributed by atoms with van der Waals surface area (Å²) in [5, 5.41) is 14.0. The van der Waals surface area contributed by atoms with Crippen molar-refractivity contribution >= 4 is 33.9 Å². The predicted molar refractivity (Wildman–Crippen MR) is 101 cm³/mol. The fraction of sp³-hybridized carbons (Fsp3) is 0.333. The normalized spacial score (nSPS) is 13.7. The summed E-state index contributed by atoms with van der Waals surface area (Å²) in [5.41, 5.74) is 1.52. The summed E-state index contributed by atoms with van der Waals surface area (Å²) in [6, 6.07) is 5.32. The van der Waals surface area contributed by atoms with Gasteiger partial charge in [-0.05, 0) is 30.7 Å². The molecule has 0 spiro atoms. The maximum Gasteiger partial charge on any atom is 0.341 e. The van der Waals surface area contributed by atoms with E-state index < -0.39 is 16.8 Å². The number of nitrogens with zero attached hydrogens (tertiary/aromatic N) is 2. The number of methoxy groups -OCH3 is 1. The second-order valence-electron chi connectivity index (χ2n) is 6.08. The molecule has 1 aromatic heterocycles. The van der Waals surface area contributed by atoms with Crippen molar-refractivity contribution < 1.29 is 19.2 Å². The third kappa shape index (κ3) is 3.83. The third-order valence-corrected chi connectivity index (χ3v) is 5.67. The first-order valence-corrected chi connectivity index (χ1v) is 9.27. The van der Waals surface area contributed by atoms with Gasteiger partial charge in [-0.2, -0.15) is 0 Å². The summed E-state index contributed by atoms with van der Waals surface area (Å²) in [4.78, 5) is 38.4. The van der Waals surface area contributed by atoms with Gasteiger partial charge in [0.05, 0.1) is 17.6 Å². The molecule has 0 aliphatic carbocycles. The van der Waals surface area contributed by atoms with Gasteiger partial charge < -0.3 is 10.1 Å². The number of esters is 1. The number of anilines is 1. The fourth-order valence-corrected chi connectivity index (χ4v) is 4.32. The second kappa shape index (κ2) is 7.85. The minimum Gasteiger partial charge on any atom is -0.465 e. The maximum atomic E-state index is 12.6. The molecule has 8 nitrogen and oxygen atoms in total. The van der Waals surface area contributed by atoms with Gasteiger partial charge in [0.1, 0.15) is 5.00 Å². The number of fused-ring (bicyclic) bond motifs is 1. The fourth-order valence-electron chi connectivity index (χ4n) is 3.04. The van der Waals surface area contributed by atoms with Crippen molar-refractivity contribution in [3.63, 3.8) is 0 Å². The number of nitro benzene ring substituents is 1. The van der Waals surface area contributed by atoms with Crippen molar-refractivity contribution in [2.24, 2.45) is 0 Å². The van der Waals surface area contributed by atoms with Gasteiger partial charge in [-0.3, -0.25) is 19.8 Å². The molecule has 0 radical (unpaired) electrons. The molecule has 1 aliphatic heterocycles. The van der Waals surface area contributed by atoms with Gasteiger partial charge in [0, 0.05) is 35.7 Å². The van der Waals surface area contributed by atoms with E-state index in [0.717, 1.165) is 36.5 Å². The summed E-state index contributed by atoms with van der Waals surface area (Å²) >= 11 is 1.37. The van der Waals surface area contributed by atoms with Gasteiger partial charge in [-0.1, -0.05) is 6.92 Å². The van der Waals surface area contributed by atoms with E-state index in [1.54, 1.807) is 0 Å². The lowest BCUT2D eigenvalue weighted by Gasteiger charge is -2.25. The predicted octanol–water partition coefficient (Wildman–Crippen LogP) is 3.07. The van der Waals surface area contributed by atoms with Crippen LogP contribution in [0.3, 0.4) is 0 Å². The van der Waals surface area contributed by atoms with Crippen LogP contribution in [-0.4, -0.2) is 41.9 Å². The van der Waals surface area contributed by atoms with Gasteiger partial charge in [-0.15, -0.1) is 11.3 Å². The number of carbonyl (C=O) groups excluding carboxylic acids is 2. The standard InChI is InChI=1S/C18H19N3O5S/c1-3-20-9-8-13-14(10-20)27-17(15(13)18(23)26-2)19-16(22)11-4-6-12(7-5-11)21(24)25/h4-7H,3,8-10H2,1-2H3,(H,19,22). The number of nitro groups is 1. The lowest BCUT2D eigenvalue weighted by Crippen LogP contribution is -2.29. The molecule has 27 heavy (non-hydrogen) atoms. The molecule has 0 unspecified atom stereocenters. The molecule has 0 saturated heterocycles. The first-order chi connectivity index (χ1) is 12.9. The molecular weight excluding hydrogens is 370 g/mol. The van der Waals surface area contributed by atoms with Gasteiger partial charge in [-0.25, -0.2) is 4.79 Å². The zero-order chi connectivity index (χ0) is 19.6. The smallest absolute Gasteiger partial charge is 0.341 e. The van der Waals surface area contributed by atoms with Crippen molar-refractivity contribution in [2.75, 3.05) is 25.5 Å². The molecule has 2 aromatic rings. The minimum absolute atomic E-state index is 0.0898. The van der Waals surface area contributed by atoms with E-state index in [2.05, 4.69) is 17.1 Å². The Hall–Kier alpha value is -2.78. The summed E-state index contributed by atoms with van der Waals surface area (Å²) in [6.07, 6.45) is 0.720. The van der Waals surface area contributed by atoms with E-state index in [1.807, 2.05) is 0 Å². The van der Waals surface area contributed by atoms with E-state index in [4.69, 9.17) is 4.74 Å². The number of ether oxygens (including phenoxy) is 1. The Balaban J connectivity index is 1.89. The molecule has 1 N–H and O–H groups in total. The van der Waals surface area contributed by atoms with Crippen molar-refractivity contribution in [1.29, 1.82) is 0 Å². The van der Waals surface area contributed by atoms with E-state index >= 15 is 0 Å². The van der Waals surface area contributed by atoms with Crippen LogP contribution in [0.15, 0.2) is 24.3 Å². The number of amides is 1. The number of hydrogen-bond acceptors (Lipinski definition) is 7. The molecule has 0 bridgehead atoms. The van der Waals surface area contributed by atoms with Crippen LogP contribution in [0.4, 0.5) is 10.7 Å². The van der Waals surface area contributed by atoms with E-state index in [1.165, 1.54) is 42.7 Å². The summed E-state index contributed by atoms with van der Waals surface area (Å²) in [6.45, 7) is 4.57. The molecule has 1 aromatic carbocycles. The minimum atomic E-state index is -0.524. The molecule has 2 heterocycles. The Labute approximate surface area is 159 Å². The maximum absolute atomic E-state index is 12.6. The monoisotopic (exact) mass is 389 g/mol.